The van der Waals surface area contributed by atoms with Crippen molar-refractivity contribution in [3.63, 3.8) is 0 Å². The SMILES string of the molecule is Cc1nn(CC2CCC3(CCCC3)O2)c(C)c1Br. The van der Waals surface area contributed by atoms with E-state index in [1.54, 1.807) is 0 Å². The average molecular weight is 313 g/mol. The molecule has 3 rings (SSSR count). The Bertz CT molecular complexity index is 449. The van der Waals surface area contributed by atoms with Crippen molar-refractivity contribution < 1.29 is 4.74 Å². The van der Waals surface area contributed by atoms with Gasteiger partial charge in [0.1, 0.15) is 0 Å². The maximum Gasteiger partial charge on any atom is 0.0779 e. The number of aryl methyl sites for hydroxylation is 1. The van der Waals surface area contributed by atoms with Gasteiger partial charge in [0, 0.05) is 5.69 Å². The van der Waals surface area contributed by atoms with Crippen LogP contribution in [0.4, 0.5) is 0 Å². The summed E-state index contributed by atoms with van der Waals surface area (Å²) in [5.41, 5.74) is 2.52. The van der Waals surface area contributed by atoms with Crippen LogP contribution in [-0.4, -0.2) is 21.5 Å². The van der Waals surface area contributed by atoms with Crippen LogP contribution in [0, 0.1) is 13.8 Å². The fourth-order valence-corrected chi connectivity index (χ4v) is 3.74. The molecule has 18 heavy (non-hydrogen) atoms. The van der Waals surface area contributed by atoms with Gasteiger partial charge in [-0.25, -0.2) is 0 Å². The standard InChI is InChI=1S/C14H21BrN2O/c1-10-13(15)11(2)17(16-10)9-12-5-8-14(18-12)6-3-4-7-14/h12H,3-9H2,1-2H3. The molecule has 1 aliphatic heterocycles. The first-order valence-corrected chi connectivity index (χ1v) is 7.76. The number of halogens is 1. The first-order chi connectivity index (χ1) is 8.60. The zero-order chi connectivity index (χ0) is 12.8. The van der Waals surface area contributed by atoms with E-state index in [9.17, 15) is 0 Å². The van der Waals surface area contributed by atoms with Gasteiger partial charge in [0.15, 0.2) is 0 Å². The van der Waals surface area contributed by atoms with Crippen LogP contribution in [0.3, 0.4) is 0 Å². The molecule has 1 unspecified atom stereocenters. The van der Waals surface area contributed by atoms with Gasteiger partial charge in [0.2, 0.25) is 0 Å². The molecule has 4 heteroatoms. The lowest BCUT2D eigenvalue weighted by molar-refractivity contribution is -0.0431. The summed E-state index contributed by atoms with van der Waals surface area (Å²) in [6, 6.07) is 0. The Kier molecular flexibility index (Phi) is 3.27. The van der Waals surface area contributed by atoms with E-state index in [4.69, 9.17) is 4.74 Å². The van der Waals surface area contributed by atoms with E-state index < -0.39 is 0 Å². The second-order valence-electron chi connectivity index (χ2n) is 5.84. The molecule has 0 bridgehead atoms. The predicted octanol–water partition coefficient (Wildman–Crippen LogP) is 3.75. The van der Waals surface area contributed by atoms with E-state index in [1.165, 1.54) is 44.2 Å². The van der Waals surface area contributed by atoms with Crippen molar-refractivity contribution in [1.29, 1.82) is 0 Å². The van der Waals surface area contributed by atoms with Crippen molar-refractivity contribution >= 4 is 15.9 Å². The van der Waals surface area contributed by atoms with Crippen LogP contribution in [0.25, 0.3) is 0 Å². The molecule has 2 fully saturated rings. The van der Waals surface area contributed by atoms with E-state index >= 15 is 0 Å². The van der Waals surface area contributed by atoms with Crippen molar-refractivity contribution in [3.8, 4) is 0 Å². The fourth-order valence-electron chi connectivity index (χ4n) is 3.46. The number of hydrogen-bond donors (Lipinski definition) is 0. The lowest BCUT2D eigenvalue weighted by atomic mass is 9.98. The maximum atomic E-state index is 6.34. The van der Waals surface area contributed by atoms with Crippen molar-refractivity contribution in [2.45, 2.75) is 70.6 Å². The van der Waals surface area contributed by atoms with E-state index in [2.05, 4.69) is 32.6 Å². The second kappa shape index (κ2) is 4.64. The average Bonchev–Trinajstić information content (AvgIpc) is 3.02. The molecule has 0 N–H and O–H groups in total. The summed E-state index contributed by atoms with van der Waals surface area (Å²) in [6.45, 7) is 5.06. The number of nitrogens with zero attached hydrogens (tertiary/aromatic N) is 2. The molecule has 0 amide bonds. The van der Waals surface area contributed by atoms with Gasteiger partial charge in [-0.2, -0.15) is 5.10 Å². The summed E-state index contributed by atoms with van der Waals surface area (Å²) in [7, 11) is 0. The lowest BCUT2D eigenvalue weighted by Gasteiger charge is -2.24. The molecule has 3 nitrogen and oxygen atoms in total. The molecule has 0 aromatic carbocycles. The van der Waals surface area contributed by atoms with Crippen LogP contribution < -0.4 is 0 Å². The summed E-state index contributed by atoms with van der Waals surface area (Å²) in [5.74, 6) is 0. The molecule has 100 valence electrons. The van der Waals surface area contributed by atoms with E-state index in [0.29, 0.717) is 6.10 Å². The van der Waals surface area contributed by atoms with E-state index in [-0.39, 0.29) is 5.60 Å². The van der Waals surface area contributed by atoms with Gasteiger partial charge in [-0.15, -0.1) is 0 Å². The zero-order valence-electron chi connectivity index (χ0n) is 11.2. The van der Waals surface area contributed by atoms with Crippen LogP contribution in [0.2, 0.25) is 0 Å². The van der Waals surface area contributed by atoms with Crippen LogP contribution in [0.15, 0.2) is 4.47 Å². The molecule has 0 radical (unpaired) electrons. The van der Waals surface area contributed by atoms with Gasteiger partial charge in [-0.3, -0.25) is 4.68 Å². The van der Waals surface area contributed by atoms with Gasteiger partial charge in [0.05, 0.1) is 28.4 Å². The Balaban J connectivity index is 1.69. The maximum absolute atomic E-state index is 6.34. The molecule has 1 saturated carbocycles. The molecule has 1 atom stereocenters. The molecular formula is C14H21BrN2O. The Hall–Kier alpha value is -0.350. The monoisotopic (exact) mass is 312 g/mol. The second-order valence-corrected chi connectivity index (χ2v) is 6.63. The zero-order valence-corrected chi connectivity index (χ0v) is 12.8. The smallest absolute Gasteiger partial charge is 0.0779 e. The van der Waals surface area contributed by atoms with Gasteiger partial charge in [-0.1, -0.05) is 12.8 Å². The highest BCUT2D eigenvalue weighted by Crippen LogP contribution is 2.43. The molecule has 1 aromatic heterocycles. The number of aromatic nitrogens is 2. The minimum atomic E-state index is 0.234. The summed E-state index contributed by atoms with van der Waals surface area (Å²) in [5, 5.41) is 4.58. The number of hydrogen-bond acceptors (Lipinski definition) is 2. The third-order valence-electron chi connectivity index (χ3n) is 4.52. The summed E-state index contributed by atoms with van der Waals surface area (Å²) in [6.07, 6.45) is 8.02. The predicted molar refractivity (Wildman–Crippen MR) is 74.7 cm³/mol. The summed E-state index contributed by atoms with van der Waals surface area (Å²) < 4.78 is 9.57. The van der Waals surface area contributed by atoms with Crippen LogP contribution >= 0.6 is 15.9 Å². The van der Waals surface area contributed by atoms with Crippen molar-refractivity contribution in [2.75, 3.05) is 0 Å². The third-order valence-corrected chi connectivity index (χ3v) is 5.67. The molecule has 1 aliphatic carbocycles. The Morgan fingerprint density at radius 3 is 2.67 bits per heavy atom. The number of rotatable bonds is 2. The minimum Gasteiger partial charge on any atom is -0.370 e. The van der Waals surface area contributed by atoms with Crippen molar-refractivity contribution in [1.82, 2.24) is 9.78 Å². The van der Waals surface area contributed by atoms with E-state index in [1.807, 2.05) is 6.92 Å². The van der Waals surface area contributed by atoms with Crippen LogP contribution in [0.1, 0.15) is 49.9 Å². The quantitative estimate of drug-likeness (QED) is 0.831. The summed E-state index contributed by atoms with van der Waals surface area (Å²) in [4.78, 5) is 0. The highest BCUT2D eigenvalue weighted by Gasteiger charge is 2.42. The van der Waals surface area contributed by atoms with Crippen LogP contribution in [0.5, 0.6) is 0 Å². The van der Waals surface area contributed by atoms with E-state index in [0.717, 1.165) is 16.7 Å². The van der Waals surface area contributed by atoms with Crippen molar-refractivity contribution in [3.05, 3.63) is 15.9 Å². The van der Waals surface area contributed by atoms with Crippen molar-refractivity contribution in [2.24, 2.45) is 0 Å². The highest BCUT2D eigenvalue weighted by molar-refractivity contribution is 9.10. The Morgan fingerprint density at radius 2 is 2.06 bits per heavy atom. The molecular weight excluding hydrogens is 292 g/mol. The van der Waals surface area contributed by atoms with Gasteiger partial charge < -0.3 is 4.74 Å². The van der Waals surface area contributed by atoms with Gasteiger partial charge in [0.25, 0.3) is 0 Å². The first-order valence-electron chi connectivity index (χ1n) is 6.97. The molecule has 2 aliphatic rings. The van der Waals surface area contributed by atoms with Gasteiger partial charge in [-0.05, 0) is 55.5 Å². The first kappa shape index (κ1) is 12.7. The fraction of sp³-hybridized carbons (Fsp3) is 0.786. The largest absolute Gasteiger partial charge is 0.370 e. The lowest BCUT2D eigenvalue weighted by Crippen LogP contribution is -2.27. The highest BCUT2D eigenvalue weighted by atomic mass is 79.9. The van der Waals surface area contributed by atoms with Gasteiger partial charge >= 0.3 is 0 Å². The van der Waals surface area contributed by atoms with Crippen LogP contribution in [-0.2, 0) is 11.3 Å². The third kappa shape index (κ3) is 2.14. The minimum absolute atomic E-state index is 0.234. The molecule has 2 heterocycles. The topological polar surface area (TPSA) is 27.1 Å². The Morgan fingerprint density at radius 1 is 1.33 bits per heavy atom. The molecule has 1 saturated heterocycles. The molecule has 1 spiro atoms. The Labute approximate surface area is 117 Å². The number of ether oxygens (including phenoxy) is 1. The normalized spacial score (nSPS) is 26.3. The summed E-state index contributed by atoms with van der Waals surface area (Å²) >= 11 is 3.58. The molecule has 1 aromatic rings.